The smallest absolute Gasteiger partial charge is 0.179 e. The number of hydrogen-bond acceptors (Lipinski definition) is 5. The van der Waals surface area contributed by atoms with Gasteiger partial charge < -0.3 is 24.4 Å². The first kappa shape index (κ1) is 18.3. The summed E-state index contributed by atoms with van der Waals surface area (Å²) < 4.78 is 17.1. The first-order valence-electron chi connectivity index (χ1n) is 9.41. The Kier molecular flexibility index (Phi) is 5.32. The molecule has 1 N–H and O–H groups in total. The maximum absolute atomic E-state index is 6.36. The molecule has 2 heterocycles. The Morgan fingerprint density at radius 2 is 1.81 bits per heavy atom. The molecular weight excluding hydrogens is 364 g/mol. The zero-order chi connectivity index (χ0) is 18.8. The minimum Gasteiger partial charge on any atom is -0.486 e. The van der Waals surface area contributed by atoms with Gasteiger partial charge in [0.15, 0.2) is 11.5 Å². The van der Waals surface area contributed by atoms with Gasteiger partial charge in [-0.1, -0.05) is 23.7 Å². The molecule has 2 aliphatic heterocycles. The fourth-order valence-corrected chi connectivity index (χ4v) is 4.02. The third kappa shape index (κ3) is 4.09. The van der Waals surface area contributed by atoms with Crippen LogP contribution in [0.25, 0.3) is 0 Å². The molecule has 0 unspecified atom stereocenters. The van der Waals surface area contributed by atoms with Gasteiger partial charge in [-0.05, 0) is 43.7 Å². The van der Waals surface area contributed by atoms with Crippen LogP contribution in [-0.2, 0) is 11.3 Å². The second-order valence-corrected chi connectivity index (χ2v) is 7.54. The third-order valence-corrected chi connectivity index (χ3v) is 5.08. The van der Waals surface area contributed by atoms with E-state index in [1.54, 1.807) is 0 Å². The van der Waals surface area contributed by atoms with Crippen molar-refractivity contribution in [2.45, 2.75) is 32.6 Å². The van der Waals surface area contributed by atoms with Gasteiger partial charge in [-0.3, -0.25) is 0 Å². The van der Waals surface area contributed by atoms with Crippen LogP contribution in [0.1, 0.15) is 19.4 Å². The van der Waals surface area contributed by atoms with Gasteiger partial charge in [0.1, 0.15) is 13.2 Å². The Morgan fingerprint density at radius 1 is 1.07 bits per heavy atom. The van der Waals surface area contributed by atoms with E-state index in [4.69, 9.17) is 25.8 Å². The van der Waals surface area contributed by atoms with Gasteiger partial charge in [0.05, 0.1) is 28.6 Å². The number of morpholine rings is 1. The highest BCUT2D eigenvalue weighted by Crippen LogP contribution is 2.38. The minimum absolute atomic E-state index is 0.221. The van der Waals surface area contributed by atoms with Crippen LogP contribution >= 0.6 is 11.6 Å². The van der Waals surface area contributed by atoms with Gasteiger partial charge in [-0.2, -0.15) is 0 Å². The van der Waals surface area contributed by atoms with Crippen molar-refractivity contribution in [3.63, 3.8) is 0 Å². The van der Waals surface area contributed by atoms with E-state index in [-0.39, 0.29) is 12.2 Å². The molecule has 0 aliphatic carbocycles. The summed E-state index contributed by atoms with van der Waals surface area (Å²) in [4.78, 5) is 2.39. The maximum Gasteiger partial charge on any atom is 0.179 e. The summed E-state index contributed by atoms with van der Waals surface area (Å²) in [6.45, 7) is 7.76. The summed E-state index contributed by atoms with van der Waals surface area (Å²) in [7, 11) is 0. The number of para-hydroxylation sites is 2. The maximum atomic E-state index is 6.36. The van der Waals surface area contributed by atoms with Crippen molar-refractivity contribution in [1.29, 1.82) is 0 Å². The molecule has 0 bridgehead atoms. The number of halogens is 1. The number of fused-ring (bicyclic) bond motifs is 1. The van der Waals surface area contributed by atoms with Gasteiger partial charge in [-0.25, -0.2) is 0 Å². The van der Waals surface area contributed by atoms with Crippen LogP contribution < -0.4 is 19.7 Å². The second-order valence-electron chi connectivity index (χ2n) is 7.13. The molecule has 2 atom stereocenters. The van der Waals surface area contributed by atoms with Gasteiger partial charge in [-0.15, -0.1) is 0 Å². The van der Waals surface area contributed by atoms with Crippen molar-refractivity contribution in [1.82, 2.24) is 0 Å². The van der Waals surface area contributed by atoms with Crippen LogP contribution in [0.15, 0.2) is 36.4 Å². The predicted molar refractivity (Wildman–Crippen MR) is 108 cm³/mol. The van der Waals surface area contributed by atoms with Crippen LogP contribution in [0.3, 0.4) is 0 Å². The van der Waals surface area contributed by atoms with Gasteiger partial charge in [0.25, 0.3) is 0 Å². The van der Waals surface area contributed by atoms with E-state index in [0.29, 0.717) is 30.5 Å². The summed E-state index contributed by atoms with van der Waals surface area (Å²) in [5.74, 6) is 1.36. The summed E-state index contributed by atoms with van der Waals surface area (Å²) in [6.07, 6.45) is 0.441. The highest BCUT2D eigenvalue weighted by atomic mass is 35.5. The minimum atomic E-state index is 0.221. The van der Waals surface area contributed by atoms with Gasteiger partial charge in [0.2, 0.25) is 0 Å². The van der Waals surface area contributed by atoms with E-state index >= 15 is 0 Å². The lowest BCUT2D eigenvalue weighted by Crippen LogP contribution is -2.45. The quantitative estimate of drug-likeness (QED) is 0.844. The molecule has 144 valence electrons. The Hall–Kier alpha value is -2.11. The van der Waals surface area contributed by atoms with Crippen LogP contribution in [-0.4, -0.2) is 38.5 Å². The van der Waals surface area contributed by atoms with Crippen molar-refractivity contribution in [2.24, 2.45) is 0 Å². The predicted octanol–water partition coefficient (Wildman–Crippen LogP) is 4.34. The first-order valence-corrected chi connectivity index (χ1v) is 9.79. The van der Waals surface area contributed by atoms with E-state index in [0.717, 1.165) is 30.1 Å². The van der Waals surface area contributed by atoms with E-state index in [2.05, 4.69) is 48.3 Å². The third-order valence-electron chi connectivity index (χ3n) is 4.80. The Morgan fingerprint density at radius 3 is 2.63 bits per heavy atom. The molecule has 1 fully saturated rings. The molecule has 1 saturated heterocycles. The molecule has 0 saturated carbocycles. The zero-order valence-electron chi connectivity index (χ0n) is 15.7. The number of ether oxygens (including phenoxy) is 3. The molecule has 4 rings (SSSR count). The first-order chi connectivity index (χ1) is 13.1. The van der Waals surface area contributed by atoms with Crippen molar-refractivity contribution in [2.75, 3.05) is 36.5 Å². The number of benzene rings is 2. The Bertz CT molecular complexity index is 804. The van der Waals surface area contributed by atoms with Crippen molar-refractivity contribution >= 4 is 23.0 Å². The standard InChI is InChI=1S/C21H25ClN2O3/c1-14-12-24(13-15(2)27-14)19-6-4-3-5-18(19)23-11-16-9-17(22)21-20(10-16)25-7-8-26-21/h3-6,9-10,14-15,23H,7-8,11-13H2,1-2H3/t14-,15-/m1/s1. The average Bonchev–Trinajstić information content (AvgIpc) is 2.66. The molecule has 5 nitrogen and oxygen atoms in total. The van der Waals surface area contributed by atoms with Crippen molar-refractivity contribution in [3.8, 4) is 11.5 Å². The summed E-state index contributed by atoms with van der Waals surface area (Å²) in [5, 5.41) is 4.14. The van der Waals surface area contributed by atoms with Crippen LogP contribution in [0.2, 0.25) is 5.02 Å². The number of nitrogens with one attached hydrogen (secondary N) is 1. The summed E-state index contributed by atoms with van der Waals surface area (Å²) in [6, 6.07) is 12.3. The monoisotopic (exact) mass is 388 g/mol. The van der Waals surface area contributed by atoms with Crippen molar-refractivity contribution < 1.29 is 14.2 Å². The summed E-state index contributed by atoms with van der Waals surface area (Å²) >= 11 is 6.36. The molecule has 0 amide bonds. The number of nitrogens with zero attached hydrogens (tertiary/aromatic N) is 1. The fraction of sp³-hybridized carbons (Fsp3) is 0.429. The topological polar surface area (TPSA) is 43.0 Å². The number of rotatable bonds is 4. The lowest BCUT2D eigenvalue weighted by molar-refractivity contribution is -0.00517. The Labute approximate surface area is 165 Å². The average molecular weight is 389 g/mol. The molecular formula is C21H25ClN2O3. The normalized spacial score (nSPS) is 21.8. The molecule has 6 heteroatoms. The van der Waals surface area contributed by atoms with E-state index in [1.165, 1.54) is 5.69 Å². The van der Waals surface area contributed by atoms with Crippen molar-refractivity contribution in [3.05, 3.63) is 47.0 Å². The Balaban J connectivity index is 1.51. The molecule has 0 spiro atoms. The van der Waals surface area contributed by atoms with Crippen LogP contribution in [0.5, 0.6) is 11.5 Å². The van der Waals surface area contributed by atoms with E-state index in [1.807, 2.05) is 12.1 Å². The van der Waals surface area contributed by atoms with Crippen LogP contribution in [0, 0.1) is 0 Å². The zero-order valence-corrected chi connectivity index (χ0v) is 16.5. The van der Waals surface area contributed by atoms with Gasteiger partial charge >= 0.3 is 0 Å². The largest absolute Gasteiger partial charge is 0.486 e. The number of hydrogen-bond donors (Lipinski definition) is 1. The van der Waals surface area contributed by atoms with Crippen LogP contribution in [0.4, 0.5) is 11.4 Å². The molecule has 2 aliphatic rings. The van der Waals surface area contributed by atoms with E-state index < -0.39 is 0 Å². The highest BCUT2D eigenvalue weighted by molar-refractivity contribution is 6.32. The lowest BCUT2D eigenvalue weighted by atomic mass is 10.1. The summed E-state index contributed by atoms with van der Waals surface area (Å²) in [5.41, 5.74) is 3.36. The van der Waals surface area contributed by atoms with Gasteiger partial charge in [0, 0.05) is 19.6 Å². The SMILES string of the molecule is C[C@@H]1CN(c2ccccc2NCc2cc(Cl)c3c(c2)OCCO3)C[C@@H](C)O1. The second kappa shape index (κ2) is 7.87. The van der Waals surface area contributed by atoms with E-state index in [9.17, 15) is 0 Å². The highest BCUT2D eigenvalue weighted by Gasteiger charge is 2.24. The fourth-order valence-electron chi connectivity index (χ4n) is 3.74. The molecule has 0 radical (unpaired) electrons. The lowest BCUT2D eigenvalue weighted by Gasteiger charge is -2.37. The molecule has 0 aromatic heterocycles. The molecule has 2 aromatic rings. The molecule has 2 aromatic carbocycles. The number of anilines is 2. The molecule has 27 heavy (non-hydrogen) atoms.